The van der Waals surface area contributed by atoms with Crippen LogP contribution in [0.3, 0.4) is 0 Å². The number of ether oxygens (including phenoxy) is 1. The Labute approximate surface area is 133 Å². The van der Waals surface area contributed by atoms with Crippen LogP contribution in [0.15, 0.2) is 60.9 Å². The quantitative estimate of drug-likeness (QED) is 0.429. The molecule has 0 aliphatic carbocycles. The molecule has 120 valence electrons. The fraction of sp³-hybridized carbons (Fsp3) is 0.294. The van der Waals surface area contributed by atoms with Crippen molar-refractivity contribution in [2.45, 2.75) is 19.8 Å². The van der Waals surface area contributed by atoms with Gasteiger partial charge in [0.25, 0.3) is 0 Å². The number of anilines is 1. The summed E-state index contributed by atoms with van der Waals surface area (Å²) in [6.45, 7) is 5.68. The Balaban J connectivity index is 2.86. The van der Waals surface area contributed by atoms with Crippen LogP contribution in [-0.4, -0.2) is 21.3 Å². The Hall–Kier alpha value is -2.01. The molecular weight excluding hydrogens is 298 g/mol. The Morgan fingerprint density at radius 2 is 2.09 bits per heavy atom. The van der Waals surface area contributed by atoms with Crippen LogP contribution in [0.4, 0.5) is 5.69 Å². The highest BCUT2D eigenvalue weighted by molar-refractivity contribution is 7.92. The van der Waals surface area contributed by atoms with Gasteiger partial charge in [-0.05, 0) is 36.6 Å². The first-order valence-electron chi connectivity index (χ1n) is 7.12. The molecule has 0 aromatic heterocycles. The Kier molecular flexibility index (Phi) is 7.46. The van der Waals surface area contributed by atoms with E-state index in [0.29, 0.717) is 17.9 Å². The predicted octanol–water partition coefficient (Wildman–Crippen LogP) is 3.65. The van der Waals surface area contributed by atoms with E-state index in [4.69, 9.17) is 4.74 Å². The lowest BCUT2D eigenvalue weighted by molar-refractivity contribution is 0.306. The van der Waals surface area contributed by atoms with Crippen molar-refractivity contribution < 1.29 is 13.2 Å². The molecule has 1 aromatic carbocycles. The van der Waals surface area contributed by atoms with Gasteiger partial charge < -0.3 is 4.74 Å². The molecule has 0 aliphatic rings. The molecule has 1 rings (SSSR count). The van der Waals surface area contributed by atoms with Crippen molar-refractivity contribution in [1.29, 1.82) is 0 Å². The number of nitrogens with one attached hydrogen (secondary N) is 1. The average Bonchev–Trinajstić information content (AvgIpc) is 2.49. The summed E-state index contributed by atoms with van der Waals surface area (Å²) in [6.07, 6.45) is 8.43. The van der Waals surface area contributed by atoms with Crippen molar-refractivity contribution in [1.82, 2.24) is 0 Å². The molecule has 0 atom stereocenters. The van der Waals surface area contributed by atoms with Gasteiger partial charge in [0.1, 0.15) is 5.76 Å². The highest BCUT2D eigenvalue weighted by Gasteiger charge is 2.11. The van der Waals surface area contributed by atoms with Crippen LogP contribution in [0, 0.1) is 0 Å². The molecule has 1 N–H and O–H groups in total. The molecule has 0 heterocycles. The van der Waals surface area contributed by atoms with E-state index >= 15 is 0 Å². The zero-order chi connectivity index (χ0) is 16.4. The zero-order valence-corrected chi connectivity index (χ0v) is 13.9. The molecule has 0 unspecified atom stereocenters. The van der Waals surface area contributed by atoms with E-state index < -0.39 is 10.0 Å². The summed E-state index contributed by atoms with van der Waals surface area (Å²) in [6, 6.07) is 7.29. The molecule has 0 radical (unpaired) electrons. The van der Waals surface area contributed by atoms with Gasteiger partial charge in [-0.25, -0.2) is 8.42 Å². The molecule has 4 nitrogen and oxygen atoms in total. The lowest BCUT2D eigenvalue weighted by Crippen LogP contribution is -2.16. The standard InChI is InChI=1S/C17H23NO3S/c1-4-6-11-16(21-3)13-14-22(19,20)18-17-12-8-7-10-15(17)9-5-2/h5-8,10-13,18H,2,4,9,14H2,1,3H3/b11-6-,16-13+. The minimum Gasteiger partial charge on any atom is -0.497 e. The van der Waals surface area contributed by atoms with Crippen LogP contribution in [-0.2, 0) is 21.2 Å². The van der Waals surface area contributed by atoms with Crippen LogP contribution < -0.4 is 4.72 Å². The molecule has 0 saturated heterocycles. The van der Waals surface area contributed by atoms with Crippen molar-refractivity contribution in [3.8, 4) is 0 Å². The molecule has 1 aromatic rings. The SMILES string of the molecule is C=CCc1ccccc1NS(=O)(=O)C/C=C(\C=C/CC)OC. The predicted molar refractivity (Wildman–Crippen MR) is 92.3 cm³/mol. The van der Waals surface area contributed by atoms with Crippen molar-refractivity contribution in [2.75, 3.05) is 17.6 Å². The summed E-state index contributed by atoms with van der Waals surface area (Å²) < 4.78 is 32.1. The van der Waals surface area contributed by atoms with Gasteiger partial charge in [-0.15, -0.1) is 6.58 Å². The third-order valence-corrected chi connectivity index (χ3v) is 4.04. The maximum absolute atomic E-state index is 12.2. The Morgan fingerprint density at radius 1 is 1.36 bits per heavy atom. The minimum atomic E-state index is -3.48. The summed E-state index contributed by atoms with van der Waals surface area (Å²) in [5.41, 5.74) is 1.47. The van der Waals surface area contributed by atoms with E-state index in [9.17, 15) is 8.42 Å². The highest BCUT2D eigenvalue weighted by atomic mass is 32.2. The molecule has 0 amide bonds. The van der Waals surface area contributed by atoms with Crippen molar-refractivity contribution in [2.24, 2.45) is 0 Å². The summed E-state index contributed by atoms with van der Waals surface area (Å²) in [5.74, 6) is 0.388. The molecule has 22 heavy (non-hydrogen) atoms. The fourth-order valence-corrected chi connectivity index (χ4v) is 2.81. The van der Waals surface area contributed by atoms with E-state index in [1.807, 2.05) is 25.1 Å². The van der Waals surface area contributed by atoms with Gasteiger partial charge in [-0.3, -0.25) is 4.72 Å². The van der Waals surface area contributed by atoms with Crippen LogP contribution in [0.2, 0.25) is 0 Å². The van der Waals surface area contributed by atoms with Crippen molar-refractivity contribution >= 4 is 15.7 Å². The van der Waals surface area contributed by atoms with Gasteiger partial charge in [0.05, 0.1) is 18.6 Å². The lowest BCUT2D eigenvalue weighted by Gasteiger charge is -2.10. The average molecular weight is 321 g/mol. The lowest BCUT2D eigenvalue weighted by atomic mass is 10.1. The first-order valence-corrected chi connectivity index (χ1v) is 8.77. The van der Waals surface area contributed by atoms with Gasteiger partial charge in [-0.2, -0.15) is 0 Å². The summed E-state index contributed by atoms with van der Waals surface area (Å²) >= 11 is 0. The first-order chi connectivity index (χ1) is 10.5. The summed E-state index contributed by atoms with van der Waals surface area (Å²) in [5, 5.41) is 0. The molecule has 0 fully saturated rings. The molecule has 0 spiro atoms. The zero-order valence-electron chi connectivity index (χ0n) is 13.1. The number of para-hydroxylation sites is 1. The molecule has 0 aliphatic heterocycles. The van der Waals surface area contributed by atoms with Crippen LogP contribution in [0.5, 0.6) is 0 Å². The van der Waals surface area contributed by atoms with Gasteiger partial charge in [0, 0.05) is 0 Å². The van der Waals surface area contributed by atoms with Gasteiger partial charge in [0.15, 0.2) is 0 Å². The fourth-order valence-electron chi connectivity index (χ4n) is 1.81. The number of hydrogen-bond donors (Lipinski definition) is 1. The number of allylic oxidation sites excluding steroid dienone is 3. The second-order valence-electron chi connectivity index (χ2n) is 4.65. The third-order valence-electron chi connectivity index (χ3n) is 2.90. The third kappa shape index (κ3) is 6.18. The van der Waals surface area contributed by atoms with Gasteiger partial charge in [0.2, 0.25) is 10.0 Å². The monoisotopic (exact) mass is 321 g/mol. The molecular formula is C17H23NO3S. The van der Waals surface area contributed by atoms with E-state index in [1.165, 1.54) is 7.11 Å². The molecule has 5 heteroatoms. The second-order valence-corrected chi connectivity index (χ2v) is 6.42. The second kappa shape index (κ2) is 9.10. The Bertz CT molecular complexity index is 646. The number of sulfonamides is 1. The number of hydrogen-bond acceptors (Lipinski definition) is 3. The highest BCUT2D eigenvalue weighted by Crippen LogP contribution is 2.17. The summed E-state index contributed by atoms with van der Waals surface area (Å²) in [7, 11) is -1.96. The Morgan fingerprint density at radius 3 is 2.73 bits per heavy atom. The van der Waals surface area contributed by atoms with E-state index in [0.717, 1.165) is 12.0 Å². The minimum absolute atomic E-state index is 0.146. The normalized spacial score (nSPS) is 12.4. The van der Waals surface area contributed by atoms with Gasteiger partial charge >= 0.3 is 0 Å². The number of rotatable bonds is 9. The summed E-state index contributed by atoms with van der Waals surface area (Å²) in [4.78, 5) is 0. The maximum Gasteiger partial charge on any atom is 0.236 e. The van der Waals surface area contributed by atoms with Crippen LogP contribution >= 0.6 is 0 Å². The van der Waals surface area contributed by atoms with E-state index in [1.54, 1.807) is 30.4 Å². The molecule has 0 bridgehead atoms. The largest absolute Gasteiger partial charge is 0.497 e. The molecule has 0 saturated carbocycles. The van der Waals surface area contributed by atoms with Crippen LogP contribution in [0.1, 0.15) is 18.9 Å². The van der Waals surface area contributed by atoms with Crippen LogP contribution in [0.25, 0.3) is 0 Å². The van der Waals surface area contributed by atoms with Gasteiger partial charge in [-0.1, -0.05) is 37.3 Å². The topological polar surface area (TPSA) is 55.4 Å². The number of methoxy groups -OCH3 is 1. The van der Waals surface area contributed by atoms with Crippen molar-refractivity contribution in [3.63, 3.8) is 0 Å². The van der Waals surface area contributed by atoms with E-state index in [2.05, 4.69) is 11.3 Å². The smallest absolute Gasteiger partial charge is 0.236 e. The first kappa shape index (κ1) is 18.0. The number of benzene rings is 1. The van der Waals surface area contributed by atoms with E-state index in [-0.39, 0.29) is 5.75 Å². The van der Waals surface area contributed by atoms with Crippen molar-refractivity contribution in [3.05, 3.63) is 66.5 Å². The maximum atomic E-state index is 12.2.